The second-order valence-electron chi connectivity index (χ2n) is 3.80. The number of hydrogen-bond donors (Lipinski definition) is 0. The maximum absolute atomic E-state index is 13.0. The van der Waals surface area contributed by atoms with Crippen LogP contribution < -0.4 is 4.74 Å². The van der Waals surface area contributed by atoms with Crippen LogP contribution in [0, 0.1) is 11.6 Å². The molecule has 2 aromatic rings. The lowest BCUT2D eigenvalue weighted by Gasteiger charge is -2.10. The first-order chi connectivity index (χ1) is 8.69. The molecule has 0 radical (unpaired) electrons. The molecule has 0 bridgehead atoms. The fraction of sp³-hybridized carbons (Fsp3) is 0.143. The molecule has 0 atom stereocenters. The Balaban J connectivity index is 2.10. The van der Waals surface area contributed by atoms with Gasteiger partial charge in [-0.25, -0.2) is 8.78 Å². The zero-order chi connectivity index (χ0) is 13.0. The molecule has 0 aliphatic carbocycles. The van der Waals surface area contributed by atoms with E-state index in [0.717, 1.165) is 11.1 Å². The Kier molecular flexibility index (Phi) is 4.31. The summed E-state index contributed by atoms with van der Waals surface area (Å²) in [6, 6.07) is 10.5. The summed E-state index contributed by atoms with van der Waals surface area (Å²) in [4.78, 5) is 0. The third-order valence-electron chi connectivity index (χ3n) is 2.45. The molecule has 2 aromatic carbocycles. The molecular formula is C14H11BrF2O. The van der Waals surface area contributed by atoms with Crippen molar-refractivity contribution < 1.29 is 13.5 Å². The maximum atomic E-state index is 13.0. The molecule has 2 rings (SSSR count). The lowest BCUT2D eigenvalue weighted by atomic mass is 10.2. The summed E-state index contributed by atoms with van der Waals surface area (Å²) in [7, 11) is 0. The van der Waals surface area contributed by atoms with E-state index >= 15 is 0 Å². The minimum Gasteiger partial charge on any atom is -0.489 e. The summed E-state index contributed by atoms with van der Waals surface area (Å²) in [6.07, 6.45) is 0. The molecule has 1 nitrogen and oxygen atoms in total. The summed E-state index contributed by atoms with van der Waals surface area (Å²) < 4.78 is 31.6. The summed E-state index contributed by atoms with van der Waals surface area (Å²) in [5, 5.41) is 0.503. The summed E-state index contributed by atoms with van der Waals surface area (Å²) in [6.45, 7) is 0.253. The number of hydrogen-bond acceptors (Lipinski definition) is 1. The van der Waals surface area contributed by atoms with Crippen LogP contribution in [0.1, 0.15) is 11.1 Å². The van der Waals surface area contributed by atoms with Crippen molar-refractivity contribution in [2.45, 2.75) is 11.9 Å². The van der Waals surface area contributed by atoms with Crippen molar-refractivity contribution in [1.29, 1.82) is 0 Å². The van der Waals surface area contributed by atoms with E-state index in [1.54, 1.807) is 18.2 Å². The van der Waals surface area contributed by atoms with Gasteiger partial charge in [0.15, 0.2) is 0 Å². The van der Waals surface area contributed by atoms with E-state index < -0.39 is 0 Å². The normalized spacial score (nSPS) is 10.4. The van der Waals surface area contributed by atoms with Crippen molar-refractivity contribution in [3.05, 3.63) is 65.2 Å². The highest BCUT2D eigenvalue weighted by Gasteiger charge is 2.05. The number of alkyl halides is 1. The molecule has 0 unspecified atom stereocenters. The van der Waals surface area contributed by atoms with Gasteiger partial charge >= 0.3 is 0 Å². The molecular weight excluding hydrogens is 302 g/mol. The number of ether oxygens (including phenoxy) is 1. The molecule has 0 aliphatic rings. The van der Waals surface area contributed by atoms with Gasteiger partial charge in [-0.15, -0.1) is 0 Å². The van der Waals surface area contributed by atoms with Crippen molar-refractivity contribution in [3.8, 4) is 5.75 Å². The van der Waals surface area contributed by atoms with E-state index in [1.807, 2.05) is 0 Å². The van der Waals surface area contributed by atoms with E-state index in [4.69, 9.17) is 4.74 Å². The molecule has 0 aromatic heterocycles. The highest BCUT2D eigenvalue weighted by Crippen LogP contribution is 2.23. The van der Waals surface area contributed by atoms with Crippen LogP contribution in [0.15, 0.2) is 42.5 Å². The molecule has 0 fully saturated rings. The minimum atomic E-state index is -0.303. The minimum absolute atomic E-state index is 0.253. The fourth-order valence-corrected chi connectivity index (χ4v) is 2.02. The van der Waals surface area contributed by atoms with Crippen molar-refractivity contribution in [2.75, 3.05) is 0 Å². The van der Waals surface area contributed by atoms with Gasteiger partial charge in [-0.05, 0) is 35.9 Å². The Morgan fingerprint density at radius 3 is 2.50 bits per heavy atom. The highest BCUT2D eigenvalue weighted by atomic mass is 79.9. The van der Waals surface area contributed by atoms with Gasteiger partial charge < -0.3 is 4.74 Å². The standard InChI is InChI=1S/C14H11BrF2O/c15-8-11-7-13(17)4-5-14(11)18-9-10-2-1-3-12(16)6-10/h1-7H,8-9H2. The average Bonchev–Trinajstić information content (AvgIpc) is 2.37. The van der Waals surface area contributed by atoms with Gasteiger partial charge in [-0.1, -0.05) is 28.1 Å². The molecule has 0 saturated heterocycles. The van der Waals surface area contributed by atoms with E-state index in [9.17, 15) is 8.78 Å². The molecule has 18 heavy (non-hydrogen) atoms. The van der Waals surface area contributed by atoms with E-state index in [1.165, 1.54) is 24.3 Å². The van der Waals surface area contributed by atoms with Crippen LogP contribution in [0.4, 0.5) is 8.78 Å². The Hall–Kier alpha value is -1.42. The molecule has 0 N–H and O–H groups in total. The van der Waals surface area contributed by atoms with Crippen molar-refractivity contribution in [3.63, 3.8) is 0 Å². The lowest BCUT2D eigenvalue weighted by Crippen LogP contribution is -1.98. The van der Waals surface area contributed by atoms with Crippen LogP contribution in [0.2, 0.25) is 0 Å². The van der Waals surface area contributed by atoms with Crippen molar-refractivity contribution >= 4 is 15.9 Å². The third kappa shape index (κ3) is 3.29. The van der Waals surface area contributed by atoms with E-state index in [2.05, 4.69) is 15.9 Å². The first-order valence-electron chi connectivity index (χ1n) is 5.40. The largest absolute Gasteiger partial charge is 0.489 e. The molecule has 0 saturated carbocycles. The Morgan fingerprint density at radius 2 is 1.78 bits per heavy atom. The topological polar surface area (TPSA) is 9.23 Å². The van der Waals surface area contributed by atoms with E-state index in [0.29, 0.717) is 11.1 Å². The monoisotopic (exact) mass is 312 g/mol. The molecule has 94 valence electrons. The van der Waals surface area contributed by atoms with Crippen LogP contribution in [0.3, 0.4) is 0 Å². The summed E-state index contributed by atoms with van der Waals surface area (Å²) in [5.41, 5.74) is 1.46. The highest BCUT2D eigenvalue weighted by molar-refractivity contribution is 9.08. The third-order valence-corrected chi connectivity index (χ3v) is 3.05. The van der Waals surface area contributed by atoms with Crippen LogP contribution in [-0.2, 0) is 11.9 Å². The first kappa shape index (κ1) is 13.0. The maximum Gasteiger partial charge on any atom is 0.124 e. The van der Waals surface area contributed by atoms with Crippen LogP contribution in [-0.4, -0.2) is 0 Å². The predicted molar refractivity (Wildman–Crippen MR) is 69.8 cm³/mol. The van der Waals surface area contributed by atoms with Crippen molar-refractivity contribution in [2.24, 2.45) is 0 Å². The number of halogens is 3. The first-order valence-corrected chi connectivity index (χ1v) is 6.53. The molecule has 0 heterocycles. The van der Waals surface area contributed by atoms with Gasteiger partial charge in [0.2, 0.25) is 0 Å². The second kappa shape index (κ2) is 5.96. The average molecular weight is 313 g/mol. The summed E-state index contributed by atoms with van der Waals surface area (Å²) in [5.74, 6) is -0.00369. The molecule has 0 aliphatic heterocycles. The van der Waals surface area contributed by atoms with Gasteiger partial charge in [-0.2, -0.15) is 0 Å². The smallest absolute Gasteiger partial charge is 0.124 e. The fourth-order valence-electron chi connectivity index (χ4n) is 1.58. The van der Waals surface area contributed by atoms with Gasteiger partial charge in [0.05, 0.1) is 0 Å². The Labute approximate surface area is 113 Å². The Morgan fingerprint density at radius 1 is 1.00 bits per heavy atom. The quantitative estimate of drug-likeness (QED) is 0.758. The van der Waals surface area contributed by atoms with Gasteiger partial charge in [0.25, 0.3) is 0 Å². The number of rotatable bonds is 4. The van der Waals surface area contributed by atoms with Gasteiger partial charge in [0.1, 0.15) is 24.0 Å². The molecule has 4 heteroatoms. The zero-order valence-electron chi connectivity index (χ0n) is 9.50. The van der Waals surface area contributed by atoms with Crippen LogP contribution in [0.5, 0.6) is 5.75 Å². The van der Waals surface area contributed by atoms with Gasteiger partial charge in [0, 0.05) is 10.9 Å². The predicted octanol–water partition coefficient (Wildman–Crippen LogP) is 4.44. The second-order valence-corrected chi connectivity index (χ2v) is 4.37. The van der Waals surface area contributed by atoms with Crippen LogP contribution >= 0.6 is 15.9 Å². The lowest BCUT2D eigenvalue weighted by molar-refractivity contribution is 0.303. The van der Waals surface area contributed by atoms with Crippen LogP contribution in [0.25, 0.3) is 0 Å². The zero-order valence-corrected chi connectivity index (χ0v) is 11.1. The number of benzene rings is 2. The molecule has 0 amide bonds. The van der Waals surface area contributed by atoms with E-state index in [-0.39, 0.29) is 18.2 Å². The Bertz CT molecular complexity index is 543. The van der Waals surface area contributed by atoms with Gasteiger partial charge in [-0.3, -0.25) is 0 Å². The summed E-state index contributed by atoms with van der Waals surface area (Å²) >= 11 is 3.27. The SMILES string of the molecule is Fc1cccc(COc2ccc(F)cc2CBr)c1. The van der Waals surface area contributed by atoms with Crippen molar-refractivity contribution in [1.82, 2.24) is 0 Å². The molecule has 0 spiro atoms.